The summed E-state index contributed by atoms with van der Waals surface area (Å²) >= 11 is 0. The van der Waals surface area contributed by atoms with Crippen LogP contribution in [0.15, 0.2) is 0 Å². The fourth-order valence-corrected chi connectivity index (χ4v) is 1.31. The van der Waals surface area contributed by atoms with Gasteiger partial charge in [-0.2, -0.15) is 0 Å². The number of hydrogen-bond acceptors (Lipinski definition) is 2. The SMILES string of the molecule is CCCCC(C)C(C)(C(=O)O)C(=O)O.[LiH].[NaH]. The van der Waals surface area contributed by atoms with E-state index in [-0.39, 0.29) is 54.3 Å². The summed E-state index contributed by atoms with van der Waals surface area (Å²) in [5.74, 6) is -2.86. The van der Waals surface area contributed by atoms with E-state index >= 15 is 0 Å². The summed E-state index contributed by atoms with van der Waals surface area (Å²) < 4.78 is 0. The molecule has 4 nitrogen and oxygen atoms in total. The van der Waals surface area contributed by atoms with Crippen molar-refractivity contribution >= 4 is 60.4 Å². The van der Waals surface area contributed by atoms with Crippen LogP contribution in [0.1, 0.15) is 40.0 Å². The number of carboxylic acid groups (broad SMARTS) is 2. The molecular weight excluding hydrogens is 214 g/mol. The third-order valence-electron chi connectivity index (χ3n) is 2.86. The van der Waals surface area contributed by atoms with Gasteiger partial charge in [0.25, 0.3) is 0 Å². The van der Waals surface area contributed by atoms with Crippen LogP contribution in [0.2, 0.25) is 0 Å². The van der Waals surface area contributed by atoms with E-state index in [1.165, 1.54) is 6.92 Å². The summed E-state index contributed by atoms with van der Waals surface area (Å²) in [4.78, 5) is 21.8. The van der Waals surface area contributed by atoms with Crippen molar-refractivity contribution in [2.24, 2.45) is 11.3 Å². The summed E-state index contributed by atoms with van der Waals surface area (Å²) in [5, 5.41) is 17.8. The number of aliphatic carboxylic acids is 2. The minimum absolute atomic E-state index is 0. The van der Waals surface area contributed by atoms with Crippen molar-refractivity contribution in [3.63, 3.8) is 0 Å². The monoisotopic (exact) mass is 234 g/mol. The number of hydrogen-bond donors (Lipinski definition) is 2. The molecule has 0 aromatic heterocycles. The molecule has 2 N–H and O–H groups in total. The zero-order chi connectivity index (χ0) is 11.4. The molecule has 0 aliphatic heterocycles. The fraction of sp³-hybridized carbons (Fsp3) is 0.800. The molecule has 0 heterocycles. The van der Waals surface area contributed by atoms with Gasteiger partial charge in [-0.15, -0.1) is 0 Å². The summed E-state index contributed by atoms with van der Waals surface area (Å²) in [6, 6.07) is 0. The summed E-state index contributed by atoms with van der Waals surface area (Å²) in [5.41, 5.74) is -1.66. The van der Waals surface area contributed by atoms with E-state index in [0.717, 1.165) is 12.8 Å². The quantitative estimate of drug-likeness (QED) is 0.523. The first-order valence-corrected chi connectivity index (χ1v) is 4.84. The van der Waals surface area contributed by atoms with E-state index in [2.05, 4.69) is 0 Å². The molecule has 1 atom stereocenters. The van der Waals surface area contributed by atoms with Gasteiger partial charge in [-0.1, -0.05) is 26.7 Å². The maximum absolute atomic E-state index is 10.9. The molecule has 0 aromatic rings. The molecule has 0 saturated carbocycles. The number of carbonyl (C=O) groups is 2. The zero-order valence-electron chi connectivity index (χ0n) is 8.91. The molecule has 0 aliphatic carbocycles. The average molecular weight is 234 g/mol. The molecule has 0 rings (SSSR count). The second-order valence-electron chi connectivity index (χ2n) is 3.86. The second-order valence-corrected chi connectivity index (χ2v) is 3.86. The van der Waals surface area contributed by atoms with Crippen LogP contribution in [0.5, 0.6) is 0 Å². The van der Waals surface area contributed by atoms with Gasteiger partial charge in [0.2, 0.25) is 0 Å². The second kappa shape index (κ2) is 9.56. The number of unbranched alkanes of at least 4 members (excludes halogenated alkanes) is 1. The van der Waals surface area contributed by atoms with Crippen LogP contribution in [0.4, 0.5) is 0 Å². The molecule has 0 bridgehead atoms. The predicted octanol–water partition coefficient (Wildman–Crippen LogP) is 0.691. The molecule has 1 unspecified atom stereocenters. The van der Waals surface area contributed by atoms with E-state index in [0.29, 0.717) is 6.42 Å². The van der Waals surface area contributed by atoms with Gasteiger partial charge in [0.05, 0.1) is 0 Å². The molecule has 0 amide bonds. The predicted molar refractivity (Wildman–Crippen MR) is 66.4 cm³/mol. The van der Waals surface area contributed by atoms with Gasteiger partial charge < -0.3 is 10.2 Å². The molecule has 0 aliphatic rings. The Morgan fingerprint density at radius 2 is 1.62 bits per heavy atom. The molecule has 0 aromatic carbocycles. The van der Waals surface area contributed by atoms with Crippen molar-refractivity contribution in [1.29, 1.82) is 0 Å². The van der Waals surface area contributed by atoms with Crippen LogP contribution in [0.3, 0.4) is 0 Å². The molecule has 0 saturated heterocycles. The van der Waals surface area contributed by atoms with E-state index < -0.39 is 17.4 Å². The summed E-state index contributed by atoms with van der Waals surface area (Å²) in [7, 11) is 0. The summed E-state index contributed by atoms with van der Waals surface area (Å²) in [6.45, 7) is 4.95. The number of rotatable bonds is 6. The normalized spacial score (nSPS) is 11.9. The Hall–Kier alpha value is 0.537. The Morgan fingerprint density at radius 1 is 1.25 bits per heavy atom. The van der Waals surface area contributed by atoms with Crippen molar-refractivity contribution in [3.8, 4) is 0 Å². The number of carboxylic acids is 2. The van der Waals surface area contributed by atoms with Crippen LogP contribution in [-0.4, -0.2) is 70.6 Å². The molecular formula is C10H20LiNaO4. The average Bonchev–Trinajstić information content (AvgIpc) is 2.11. The van der Waals surface area contributed by atoms with Gasteiger partial charge >= 0.3 is 60.4 Å². The van der Waals surface area contributed by atoms with E-state index in [9.17, 15) is 9.59 Å². The Morgan fingerprint density at radius 3 is 1.88 bits per heavy atom. The molecule has 0 fully saturated rings. The third kappa shape index (κ3) is 5.25. The molecule has 16 heavy (non-hydrogen) atoms. The Kier molecular flexibility index (Phi) is 13.0. The minimum atomic E-state index is -1.66. The van der Waals surface area contributed by atoms with Crippen LogP contribution in [-0.2, 0) is 9.59 Å². The van der Waals surface area contributed by atoms with E-state index in [4.69, 9.17) is 10.2 Å². The first kappa shape index (κ1) is 21.8. The van der Waals surface area contributed by atoms with Crippen molar-refractivity contribution in [2.75, 3.05) is 0 Å². The molecule has 0 spiro atoms. The molecule has 6 heteroatoms. The van der Waals surface area contributed by atoms with Crippen molar-refractivity contribution in [2.45, 2.75) is 40.0 Å². The van der Waals surface area contributed by atoms with E-state index in [1.807, 2.05) is 6.92 Å². The molecule has 0 radical (unpaired) electrons. The third-order valence-corrected chi connectivity index (χ3v) is 2.86. The van der Waals surface area contributed by atoms with Gasteiger partial charge in [-0.05, 0) is 19.3 Å². The Bertz CT molecular complexity index is 219. The van der Waals surface area contributed by atoms with Gasteiger partial charge in [0.1, 0.15) is 0 Å². The molecule has 86 valence electrons. The van der Waals surface area contributed by atoms with Crippen molar-refractivity contribution in [1.82, 2.24) is 0 Å². The van der Waals surface area contributed by atoms with Crippen LogP contribution in [0.25, 0.3) is 0 Å². The maximum atomic E-state index is 10.9. The van der Waals surface area contributed by atoms with Crippen molar-refractivity contribution in [3.05, 3.63) is 0 Å². The van der Waals surface area contributed by atoms with E-state index in [1.54, 1.807) is 6.92 Å². The van der Waals surface area contributed by atoms with Gasteiger partial charge in [0.15, 0.2) is 5.41 Å². The van der Waals surface area contributed by atoms with Gasteiger partial charge in [-0.3, -0.25) is 9.59 Å². The standard InChI is InChI=1S/C10H18O4.Li.Na.2H/c1-4-5-6-7(2)10(3,8(11)12)9(13)14;;;;/h7H,4-6H2,1-3H3,(H,11,12)(H,13,14);;;;. The van der Waals surface area contributed by atoms with Crippen molar-refractivity contribution < 1.29 is 19.8 Å². The van der Waals surface area contributed by atoms with Crippen LogP contribution < -0.4 is 0 Å². The topological polar surface area (TPSA) is 74.6 Å². The Labute approximate surface area is 131 Å². The van der Waals surface area contributed by atoms with Gasteiger partial charge in [0, 0.05) is 0 Å². The zero-order valence-corrected chi connectivity index (χ0v) is 8.91. The first-order valence-electron chi connectivity index (χ1n) is 4.84. The van der Waals surface area contributed by atoms with Crippen LogP contribution in [0, 0.1) is 11.3 Å². The fourth-order valence-electron chi connectivity index (χ4n) is 1.31. The summed E-state index contributed by atoms with van der Waals surface area (Å²) in [6.07, 6.45) is 2.43. The first-order chi connectivity index (χ1) is 6.37. The Balaban J connectivity index is -0.000000845. The van der Waals surface area contributed by atoms with Crippen LogP contribution >= 0.6 is 0 Å². The van der Waals surface area contributed by atoms with Gasteiger partial charge in [-0.25, -0.2) is 0 Å².